The third kappa shape index (κ3) is 3.07. The van der Waals surface area contributed by atoms with E-state index in [2.05, 4.69) is 13.8 Å². The fourth-order valence-electron chi connectivity index (χ4n) is 6.74. The second-order valence-electron chi connectivity index (χ2n) is 11.0. The predicted molar refractivity (Wildman–Crippen MR) is 128 cm³/mol. The quantitative estimate of drug-likeness (QED) is 0.637. The molecule has 1 unspecified atom stereocenters. The van der Waals surface area contributed by atoms with Crippen molar-refractivity contribution >= 4 is 28.5 Å². The molecule has 2 heterocycles. The number of carbonyl (C=O) groups excluding carboxylic acids is 3. The Kier molecular flexibility index (Phi) is 5.07. The van der Waals surface area contributed by atoms with Crippen LogP contribution in [0.25, 0.3) is 10.8 Å². The second kappa shape index (κ2) is 7.91. The molecule has 2 aromatic rings. The van der Waals surface area contributed by atoms with Gasteiger partial charge in [0.05, 0.1) is 0 Å². The van der Waals surface area contributed by atoms with E-state index < -0.39 is 6.23 Å². The summed E-state index contributed by atoms with van der Waals surface area (Å²) in [6.45, 7) is 4.45. The SMILES string of the molecule is CC1CCC(N2C(=O)c3ccc4c5c(ccc(c35)C2=O)C(O)N(C2CCC(C)CC2)C4=O)CC1. The Bertz CT molecular complexity index is 1180. The maximum atomic E-state index is 13.6. The van der Waals surface area contributed by atoms with Crippen molar-refractivity contribution in [1.29, 1.82) is 0 Å². The number of rotatable bonds is 2. The van der Waals surface area contributed by atoms with E-state index in [9.17, 15) is 19.5 Å². The average Bonchev–Trinajstić information content (AvgIpc) is 2.83. The predicted octanol–water partition coefficient (Wildman–Crippen LogP) is 5.04. The summed E-state index contributed by atoms with van der Waals surface area (Å²) >= 11 is 0. The first-order valence-corrected chi connectivity index (χ1v) is 12.8. The molecule has 0 spiro atoms. The standard InChI is InChI=1S/C28H32N2O4/c1-15-3-7-17(8-4-15)29-25(31)19-11-13-21-24-22(14-12-20(23(19)24)26(29)32)28(34)30(27(21)33)18-9-5-16(2)6-10-18/h11-18,25,31H,3-10H2,1-2H3. The number of imide groups is 1. The first-order chi connectivity index (χ1) is 16.4. The minimum atomic E-state index is -1.06. The summed E-state index contributed by atoms with van der Waals surface area (Å²) in [6.07, 6.45) is 6.47. The Morgan fingerprint density at radius 2 is 1.12 bits per heavy atom. The molecule has 0 bridgehead atoms. The van der Waals surface area contributed by atoms with Crippen LogP contribution in [0.5, 0.6) is 0 Å². The van der Waals surface area contributed by atoms with Crippen LogP contribution in [0.2, 0.25) is 0 Å². The lowest BCUT2D eigenvalue weighted by Gasteiger charge is -2.43. The van der Waals surface area contributed by atoms with Crippen LogP contribution >= 0.6 is 0 Å². The topological polar surface area (TPSA) is 77.9 Å². The zero-order valence-corrected chi connectivity index (χ0v) is 19.9. The largest absolute Gasteiger partial charge is 0.369 e. The Hall–Kier alpha value is -2.73. The highest BCUT2D eigenvalue weighted by Crippen LogP contribution is 2.44. The minimum absolute atomic E-state index is 0.00149. The number of hydrogen-bond donors (Lipinski definition) is 1. The van der Waals surface area contributed by atoms with E-state index in [0.29, 0.717) is 44.9 Å². The summed E-state index contributed by atoms with van der Waals surface area (Å²) in [7, 11) is 0. The van der Waals surface area contributed by atoms with Crippen LogP contribution < -0.4 is 0 Å². The molecule has 6 nitrogen and oxygen atoms in total. The lowest BCUT2D eigenvalue weighted by molar-refractivity contribution is -0.0253. The molecule has 1 N–H and O–H groups in total. The Balaban J connectivity index is 1.43. The highest BCUT2D eigenvalue weighted by molar-refractivity contribution is 6.28. The van der Waals surface area contributed by atoms with Crippen molar-refractivity contribution in [3.63, 3.8) is 0 Å². The molecule has 3 amide bonds. The zero-order valence-electron chi connectivity index (χ0n) is 19.9. The lowest BCUT2D eigenvalue weighted by Crippen LogP contribution is -2.49. The molecule has 4 aliphatic rings. The normalized spacial score (nSPS) is 31.4. The molecular weight excluding hydrogens is 428 g/mol. The number of nitrogens with zero attached hydrogens (tertiary/aromatic N) is 2. The van der Waals surface area contributed by atoms with Crippen LogP contribution in [0.15, 0.2) is 24.3 Å². The fourth-order valence-corrected chi connectivity index (χ4v) is 6.74. The van der Waals surface area contributed by atoms with Crippen molar-refractivity contribution < 1.29 is 19.5 Å². The maximum absolute atomic E-state index is 13.6. The number of aliphatic hydroxyl groups is 1. The van der Waals surface area contributed by atoms with E-state index in [1.165, 1.54) is 4.90 Å². The summed E-state index contributed by atoms with van der Waals surface area (Å²) in [6, 6.07) is 6.90. The van der Waals surface area contributed by atoms with E-state index in [1.54, 1.807) is 29.2 Å². The van der Waals surface area contributed by atoms with Gasteiger partial charge >= 0.3 is 0 Å². The van der Waals surface area contributed by atoms with Gasteiger partial charge in [-0.3, -0.25) is 19.3 Å². The van der Waals surface area contributed by atoms with Gasteiger partial charge in [0.2, 0.25) is 0 Å². The van der Waals surface area contributed by atoms with Crippen molar-refractivity contribution in [2.45, 2.75) is 83.5 Å². The van der Waals surface area contributed by atoms with E-state index in [-0.39, 0.29) is 29.8 Å². The van der Waals surface area contributed by atoms with Crippen LogP contribution in [0.3, 0.4) is 0 Å². The van der Waals surface area contributed by atoms with Crippen LogP contribution in [-0.2, 0) is 0 Å². The van der Waals surface area contributed by atoms with E-state index in [1.807, 2.05) is 0 Å². The number of benzene rings is 2. The van der Waals surface area contributed by atoms with Crippen molar-refractivity contribution in [1.82, 2.24) is 9.80 Å². The molecule has 178 valence electrons. The summed E-state index contributed by atoms with van der Waals surface area (Å²) in [4.78, 5) is 43.9. The van der Waals surface area contributed by atoms with Crippen LogP contribution in [-0.4, -0.2) is 44.7 Å². The highest BCUT2D eigenvalue weighted by Gasteiger charge is 2.43. The molecule has 0 saturated heterocycles. The van der Waals surface area contributed by atoms with Gasteiger partial charge in [0.15, 0.2) is 6.23 Å². The maximum Gasteiger partial charge on any atom is 0.261 e. The van der Waals surface area contributed by atoms with Crippen molar-refractivity contribution in [2.75, 3.05) is 0 Å². The van der Waals surface area contributed by atoms with Gasteiger partial charge in [-0.05, 0) is 81.4 Å². The molecule has 1 atom stereocenters. The molecule has 34 heavy (non-hydrogen) atoms. The van der Waals surface area contributed by atoms with Gasteiger partial charge in [-0.1, -0.05) is 19.9 Å². The van der Waals surface area contributed by atoms with Gasteiger partial charge in [-0.2, -0.15) is 0 Å². The van der Waals surface area contributed by atoms with Crippen molar-refractivity contribution in [2.24, 2.45) is 11.8 Å². The van der Waals surface area contributed by atoms with Gasteiger partial charge in [-0.15, -0.1) is 0 Å². The number of amides is 3. The fraction of sp³-hybridized carbons (Fsp3) is 0.536. The Morgan fingerprint density at radius 1 is 0.647 bits per heavy atom. The van der Waals surface area contributed by atoms with Gasteiger partial charge in [-0.25, -0.2) is 0 Å². The molecule has 2 saturated carbocycles. The molecular formula is C28H32N2O4. The number of aliphatic hydroxyl groups excluding tert-OH is 1. The first-order valence-electron chi connectivity index (χ1n) is 12.8. The van der Waals surface area contributed by atoms with Crippen molar-refractivity contribution in [3.8, 4) is 0 Å². The number of carbonyl (C=O) groups is 3. The van der Waals surface area contributed by atoms with E-state index in [0.717, 1.165) is 51.4 Å². The summed E-state index contributed by atoms with van der Waals surface area (Å²) in [5.74, 6) is 0.511. The van der Waals surface area contributed by atoms with Crippen LogP contribution in [0, 0.1) is 11.8 Å². The smallest absolute Gasteiger partial charge is 0.261 e. The lowest BCUT2D eigenvalue weighted by atomic mass is 9.81. The Labute approximate surface area is 199 Å². The second-order valence-corrected chi connectivity index (χ2v) is 11.0. The van der Waals surface area contributed by atoms with Crippen LogP contribution in [0.4, 0.5) is 0 Å². The third-order valence-electron chi connectivity index (χ3n) is 8.83. The van der Waals surface area contributed by atoms with Crippen molar-refractivity contribution in [3.05, 3.63) is 46.5 Å². The van der Waals surface area contributed by atoms with E-state index in [4.69, 9.17) is 0 Å². The summed E-state index contributed by atoms with van der Waals surface area (Å²) < 4.78 is 0. The molecule has 2 aliphatic heterocycles. The zero-order chi connectivity index (χ0) is 23.7. The molecule has 6 heteroatoms. The molecule has 6 rings (SSSR count). The molecule has 2 aliphatic carbocycles. The minimum Gasteiger partial charge on any atom is -0.369 e. The Morgan fingerprint density at radius 3 is 1.68 bits per heavy atom. The van der Waals surface area contributed by atoms with Gasteiger partial charge < -0.3 is 10.0 Å². The number of hydrogen-bond acceptors (Lipinski definition) is 4. The van der Waals surface area contributed by atoms with Gasteiger partial charge in [0, 0.05) is 45.1 Å². The molecule has 2 fully saturated rings. The average molecular weight is 461 g/mol. The van der Waals surface area contributed by atoms with Gasteiger partial charge in [0.25, 0.3) is 17.7 Å². The van der Waals surface area contributed by atoms with E-state index >= 15 is 0 Å². The highest BCUT2D eigenvalue weighted by atomic mass is 16.3. The summed E-state index contributed by atoms with van der Waals surface area (Å²) in [5.41, 5.74) is 2.04. The third-order valence-corrected chi connectivity index (χ3v) is 8.83. The van der Waals surface area contributed by atoms with Crippen LogP contribution in [0.1, 0.15) is 108 Å². The first kappa shape index (κ1) is 21.8. The summed E-state index contributed by atoms with van der Waals surface area (Å²) in [5, 5.41) is 12.4. The monoisotopic (exact) mass is 460 g/mol. The van der Waals surface area contributed by atoms with Gasteiger partial charge in [0.1, 0.15) is 0 Å². The molecule has 0 aromatic heterocycles. The molecule has 0 radical (unpaired) electrons. The molecule has 2 aromatic carbocycles.